The summed E-state index contributed by atoms with van der Waals surface area (Å²) in [5.74, 6) is 0. The van der Waals surface area contributed by atoms with Gasteiger partial charge in [-0.25, -0.2) is 4.98 Å². The SMILES string of the molecule is CN(C)Cc1cnc(CC2(N)CC2)s1. The minimum atomic E-state index is 0.0905. The molecule has 4 heteroatoms. The van der Waals surface area contributed by atoms with Gasteiger partial charge in [0.2, 0.25) is 0 Å². The Labute approximate surface area is 88.9 Å². The van der Waals surface area contributed by atoms with Crippen molar-refractivity contribution in [3.63, 3.8) is 0 Å². The zero-order valence-corrected chi connectivity index (χ0v) is 9.60. The van der Waals surface area contributed by atoms with E-state index in [9.17, 15) is 0 Å². The Bertz CT molecular complexity index is 315. The lowest BCUT2D eigenvalue weighted by Gasteiger charge is -2.06. The number of thiazole rings is 1. The Balaban J connectivity index is 1.95. The Kier molecular flexibility index (Phi) is 2.60. The van der Waals surface area contributed by atoms with Crippen LogP contribution in [-0.4, -0.2) is 29.5 Å². The first-order valence-electron chi connectivity index (χ1n) is 4.95. The lowest BCUT2D eigenvalue weighted by molar-refractivity contribution is 0.406. The standard InChI is InChI=1S/C10H17N3S/c1-13(2)7-8-6-12-9(14-8)5-10(11)3-4-10/h6H,3-5,7,11H2,1-2H3. The molecule has 14 heavy (non-hydrogen) atoms. The predicted octanol–water partition coefficient (Wildman–Crippen LogP) is 1.24. The summed E-state index contributed by atoms with van der Waals surface area (Å²) in [4.78, 5) is 7.89. The fraction of sp³-hybridized carbons (Fsp3) is 0.700. The molecule has 0 aliphatic heterocycles. The zero-order valence-electron chi connectivity index (χ0n) is 8.79. The van der Waals surface area contributed by atoms with Crippen LogP contribution in [0.3, 0.4) is 0 Å². The maximum Gasteiger partial charge on any atom is 0.0946 e. The van der Waals surface area contributed by atoms with Crippen molar-refractivity contribution in [2.75, 3.05) is 14.1 Å². The molecule has 0 aromatic carbocycles. The number of nitrogens with two attached hydrogens (primary N) is 1. The molecule has 1 aliphatic rings. The second-order valence-electron chi connectivity index (χ2n) is 4.50. The molecule has 0 spiro atoms. The topological polar surface area (TPSA) is 42.2 Å². The number of aromatic nitrogens is 1. The molecule has 3 nitrogen and oxygen atoms in total. The minimum absolute atomic E-state index is 0.0905. The fourth-order valence-electron chi connectivity index (χ4n) is 1.45. The average molecular weight is 211 g/mol. The maximum absolute atomic E-state index is 6.05. The van der Waals surface area contributed by atoms with E-state index in [0.29, 0.717) is 0 Å². The Morgan fingerprint density at radius 3 is 2.86 bits per heavy atom. The van der Waals surface area contributed by atoms with Crippen molar-refractivity contribution in [1.29, 1.82) is 0 Å². The second-order valence-corrected chi connectivity index (χ2v) is 5.70. The van der Waals surface area contributed by atoms with E-state index < -0.39 is 0 Å². The van der Waals surface area contributed by atoms with Crippen LogP contribution in [0.4, 0.5) is 0 Å². The summed E-state index contributed by atoms with van der Waals surface area (Å²) in [5, 5.41) is 1.20. The number of hydrogen-bond donors (Lipinski definition) is 1. The molecule has 0 amide bonds. The van der Waals surface area contributed by atoms with Gasteiger partial charge in [0.05, 0.1) is 5.01 Å². The minimum Gasteiger partial charge on any atom is -0.325 e. The van der Waals surface area contributed by atoms with E-state index in [1.165, 1.54) is 9.88 Å². The third-order valence-electron chi connectivity index (χ3n) is 2.47. The Morgan fingerprint density at radius 2 is 2.29 bits per heavy atom. The number of nitrogens with zero attached hydrogens (tertiary/aromatic N) is 2. The van der Waals surface area contributed by atoms with Gasteiger partial charge in [0.25, 0.3) is 0 Å². The van der Waals surface area contributed by atoms with Gasteiger partial charge in [-0.3, -0.25) is 0 Å². The molecule has 0 atom stereocenters. The zero-order chi connectivity index (χ0) is 10.2. The van der Waals surface area contributed by atoms with Gasteiger partial charge >= 0.3 is 0 Å². The van der Waals surface area contributed by atoms with Crippen molar-refractivity contribution < 1.29 is 0 Å². The van der Waals surface area contributed by atoms with Crippen LogP contribution in [0, 0.1) is 0 Å². The predicted molar refractivity (Wildman–Crippen MR) is 59.4 cm³/mol. The van der Waals surface area contributed by atoms with E-state index in [2.05, 4.69) is 24.0 Å². The molecule has 0 bridgehead atoms. The van der Waals surface area contributed by atoms with Gasteiger partial charge in [-0.05, 0) is 26.9 Å². The molecule has 1 fully saturated rings. The van der Waals surface area contributed by atoms with Crippen LogP contribution in [0.15, 0.2) is 6.20 Å². The Morgan fingerprint density at radius 1 is 1.57 bits per heavy atom. The highest BCUT2D eigenvalue weighted by Gasteiger charge is 2.38. The first kappa shape index (κ1) is 10.1. The van der Waals surface area contributed by atoms with Crippen LogP contribution in [0.1, 0.15) is 22.7 Å². The van der Waals surface area contributed by atoms with Gasteiger partial charge in [-0.1, -0.05) is 0 Å². The van der Waals surface area contributed by atoms with E-state index in [0.717, 1.165) is 25.8 Å². The van der Waals surface area contributed by atoms with E-state index in [1.54, 1.807) is 11.3 Å². The summed E-state index contributed by atoms with van der Waals surface area (Å²) in [7, 11) is 4.15. The summed E-state index contributed by atoms with van der Waals surface area (Å²) in [6, 6.07) is 0. The fourth-order valence-corrected chi connectivity index (χ4v) is 2.65. The average Bonchev–Trinajstić information content (AvgIpc) is 2.61. The van der Waals surface area contributed by atoms with Crippen molar-refractivity contribution >= 4 is 11.3 Å². The van der Waals surface area contributed by atoms with Crippen LogP contribution in [-0.2, 0) is 13.0 Å². The molecule has 0 saturated heterocycles. The van der Waals surface area contributed by atoms with Crippen molar-refractivity contribution in [1.82, 2.24) is 9.88 Å². The molecule has 1 aliphatic carbocycles. The number of rotatable bonds is 4. The first-order valence-corrected chi connectivity index (χ1v) is 5.76. The molecular formula is C10H17N3S. The number of hydrogen-bond acceptors (Lipinski definition) is 4. The monoisotopic (exact) mass is 211 g/mol. The summed E-state index contributed by atoms with van der Waals surface area (Å²) >= 11 is 1.80. The molecular weight excluding hydrogens is 194 g/mol. The van der Waals surface area contributed by atoms with Gasteiger partial charge in [-0.15, -0.1) is 11.3 Å². The molecule has 1 aromatic heterocycles. The summed E-state index contributed by atoms with van der Waals surface area (Å²) < 4.78 is 0. The van der Waals surface area contributed by atoms with Crippen LogP contribution in [0.25, 0.3) is 0 Å². The van der Waals surface area contributed by atoms with Gasteiger partial charge in [0, 0.05) is 29.6 Å². The highest BCUT2D eigenvalue weighted by molar-refractivity contribution is 7.11. The quantitative estimate of drug-likeness (QED) is 0.814. The van der Waals surface area contributed by atoms with E-state index in [-0.39, 0.29) is 5.54 Å². The van der Waals surface area contributed by atoms with E-state index in [1.807, 2.05) is 6.20 Å². The van der Waals surface area contributed by atoms with Crippen LogP contribution in [0.2, 0.25) is 0 Å². The van der Waals surface area contributed by atoms with Gasteiger partial charge < -0.3 is 10.6 Å². The molecule has 1 heterocycles. The van der Waals surface area contributed by atoms with Crippen molar-refractivity contribution in [2.24, 2.45) is 5.73 Å². The Hall–Kier alpha value is -0.450. The third-order valence-corrected chi connectivity index (χ3v) is 3.45. The van der Waals surface area contributed by atoms with Gasteiger partial charge in [0.15, 0.2) is 0 Å². The van der Waals surface area contributed by atoms with E-state index in [4.69, 9.17) is 5.73 Å². The molecule has 2 N–H and O–H groups in total. The molecule has 0 unspecified atom stereocenters. The first-order chi connectivity index (χ1) is 6.57. The van der Waals surface area contributed by atoms with Crippen LogP contribution >= 0.6 is 11.3 Å². The normalized spacial score (nSPS) is 18.9. The van der Waals surface area contributed by atoms with Crippen molar-refractivity contribution in [3.8, 4) is 0 Å². The third kappa shape index (κ3) is 2.53. The van der Waals surface area contributed by atoms with Crippen LogP contribution < -0.4 is 5.73 Å². The lowest BCUT2D eigenvalue weighted by atomic mass is 10.2. The van der Waals surface area contributed by atoms with Crippen molar-refractivity contribution in [3.05, 3.63) is 16.1 Å². The summed E-state index contributed by atoms with van der Waals surface area (Å²) in [6.45, 7) is 0.981. The van der Waals surface area contributed by atoms with Gasteiger partial charge in [0.1, 0.15) is 0 Å². The summed E-state index contributed by atoms with van der Waals surface area (Å²) in [5.41, 5.74) is 6.14. The van der Waals surface area contributed by atoms with Crippen molar-refractivity contribution in [2.45, 2.75) is 31.3 Å². The molecule has 0 radical (unpaired) electrons. The molecule has 1 saturated carbocycles. The highest BCUT2D eigenvalue weighted by Crippen LogP contribution is 2.36. The molecule has 78 valence electrons. The largest absolute Gasteiger partial charge is 0.325 e. The molecule has 1 aromatic rings. The summed E-state index contributed by atoms with van der Waals surface area (Å²) in [6.07, 6.45) is 5.27. The molecule has 2 rings (SSSR count). The second kappa shape index (κ2) is 3.61. The smallest absolute Gasteiger partial charge is 0.0946 e. The highest BCUT2D eigenvalue weighted by atomic mass is 32.1. The lowest BCUT2D eigenvalue weighted by Crippen LogP contribution is -2.24. The van der Waals surface area contributed by atoms with E-state index >= 15 is 0 Å². The van der Waals surface area contributed by atoms with Crippen LogP contribution in [0.5, 0.6) is 0 Å². The maximum atomic E-state index is 6.05. The van der Waals surface area contributed by atoms with Gasteiger partial charge in [-0.2, -0.15) is 0 Å².